The highest BCUT2D eigenvalue weighted by molar-refractivity contribution is 5.39. The molecule has 0 saturated heterocycles. The molecule has 0 amide bonds. The molecule has 4 nitrogen and oxygen atoms in total. The summed E-state index contributed by atoms with van der Waals surface area (Å²) in [6, 6.07) is 9.93. The predicted octanol–water partition coefficient (Wildman–Crippen LogP) is 3.25. The first-order valence-electron chi connectivity index (χ1n) is 6.61. The first-order valence-corrected chi connectivity index (χ1v) is 6.61. The van der Waals surface area contributed by atoms with Crippen molar-refractivity contribution in [2.75, 3.05) is 25.1 Å². The molecule has 2 aromatic rings. The monoisotopic (exact) mass is 294 g/mol. The van der Waals surface area contributed by atoms with Crippen molar-refractivity contribution >= 4 is 5.82 Å². The van der Waals surface area contributed by atoms with E-state index in [2.05, 4.69) is 10.3 Å². The molecule has 112 valence electrons. The van der Waals surface area contributed by atoms with Crippen molar-refractivity contribution in [3.63, 3.8) is 0 Å². The Kier molecular flexibility index (Phi) is 5.31. The number of pyridine rings is 1. The third-order valence-electron chi connectivity index (χ3n) is 2.58. The number of ether oxygens (including phenoxy) is 2. The fourth-order valence-corrected chi connectivity index (χ4v) is 1.66. The van der Waals surface area contributed by atoms with Crippen molar-refractivity contribution in [2.45, 2.75) is 6.92 Å². The number of para-hydroxylation sites is 1. The normalized spacial score (nSPS) is 10.2. The quantitative estimate of drug-likeness (QED) is 0.796. The lowest BCUT2D eigenvalue weighted by molar-refractivity contribution is 0.205. The predicted molar refractivity (Wildman–Crippen MR) is 75.7 cm³/mol. The molecule has 0 spiro atoms. The number of aromatic nitrogens is 1. The third kappa shape index (κ3) is 4.30. The average molecular weight is 294 g/mol. The zero-order valence-electron chi connectivity index (χ0n) is 11.6. The summed E-state index contributed by atoms with van der Waals surface area (Å²) in [6.07, 6.45) is 0. The highest BCUT2D eigenvalue weighted by Crippen LogP contribution is 2.20. The summed E-state index contributed by atoms with van der Waals surface area (Å²) in [6.45, 7) is 2.61. The number of anilines is 1. The van der Waals surface area contributed by atoms with Crippen LogP contribution < -0.4 is 14.8 Å². The number of rotatable bonds is 7. The highest BCUT2D eigenvalue weighted by Gasteiger charge is 2.12. The number of halogens is 2. The standard InChI is InChI=1S/C15H16F2N2O2/c1-2-18-14-12(16)10-13(17)15(19-14)21-9-8-20-11-6-4-3-5-7-11/h3-7,10H,2,8-9H2,1H3,(H,18,19). The van der Waals surface area contributed by atoms with Gasteiger partial charge in [0.1, 0.15) is 19.0 Å². The fourth-order valence-electron chi connectivity index (χ4n) is 1.66. The first kappa shape index (κ1) is 15.0. The smallest absolute Gasteiger partial charge is 0.252 e. The molecule has 0 radical (unpaired) electrons. The van der Waals surface area contributed by atoms with E-state index in [1.807, 2.05) is 18.2 Å². The maximum Gasteiger partial charge on any atom is 0.252 e. The van der Waals surface area contributed by atoms with Crippen molar-refractivity contribution in [1.82, 2.24) is 4.98 Å². The van der Waals surface area contributed by atoms with Crippen LogP contribution >= 0.6 is 0 Å². The lowest BCUT2D eigenvalue weighted by Crippen LogP contribution is -2.12. The summed E-state index contributed by atoms with van der Waals surface area (Å²) >= 11 is 0. The maximum atomic E-state index is 13.5. The van der Waals surface area contributed by atoms with E-state index in [1.54, 1.807) is 19.1 Å². The van der Waals surface area contributed by atoms with Crippen molar-refractivity contribution in [3.05, 3.63) is 48.0 Å². The molecule has 0 saturated carbocycles. The lowest BCUT2D eigenvalue weighted by atomic mass is 10.3. The van der Waals surface area contributed by atoms with Crippen molar-refractivity contribution in [2.24, 2.45) is 0 Å². The van der Waals surface area contributed by atoms with Crippen LogP contribution in [0.4, 0.5) is 14.6 Å². The molecule has 21 heavy (non-hydrogen) atoms. The van der Waals surface area contributed by atoms with Gasteiger partial charge in [-0.3, -0.25) is 0 Å². The van der Waals surface area contributed by atoms with E-state index in [9.17, 15) is 8.78 Å². The summed E-state index contributed by atoms with van der Waals surface area (Å²) in [5.74, 6) is -1.17. The molecule has 0 aliphatic rings. The summed E-state index contributed by atoms with van der Waals surface area (Å²) < 4.78 is 37.5. The largest absolute Gasteiger partial charge is 0.490 e. The van der Waals surface area contributed by atoms with Gasteiger partial charge in [-0.05, 0) is 19.1 Å². The minimum Gasteiger partial charge on any atom is -0.490 e. The summed E-state index contributed by atoms with van der Waals surface area (Å²) in [4.78, 5) is 3.77. The zero-order chi connectivity index (χ0) is 15.1. The van der Waals surface area contributed by atoms with Crippen molar-refractivity contribution in [3.8, 4) is 11.6 Å². The van der Waals surface area contributed by atoms with Gasteiger partial charge in [0.05, 0.1) is 0 Å². The lowest BCUT2D eigenvalue weighted by Gasteiger charge is -2.10. The second-order valence-electron chi connectivity index (χ2n) is 4.15. The van der Waals surface area contributed by atoms with E-state index in [4.69, 9.17) is 9.47 Å². The van der Waals surface area contributed by atoms with Crippen LogP contribution in [-0.2, 0) is 0 Å². The summed E-state index contributed by atoms with van der Waals surface area (Å²) in [5, 5.41) is 2.70. The van der Waals surface area contributed by atoms with Crippen LogP contribution in [0.2, 0.25) is 0 Å². The minimum absolute atomic E-state index is 0.0297. The molecule has 6 heteroatoms. The van der Waals surface area contributed by atoms with E-state index in [0.29, 0.717) is 12.3 Å². The second kappa shape index (κ2) is 7.42. The Bertz CT molecular complexity index is 579. The molecular weight excluding hydrogens is 278 g/mol. The van der Waals surface area contributed by atoms with Gasteiger partial charge in [-0.2, -0.15) is 4.98 Å². The molecule has 2 rings (SSSR count). The molecule has 0 aliphatic heterocycles. The van der Waals surface area contributed by atoms with E-state index in [-0.39, 0.29) is 24.9 Å². The van der Waals surface area contributed by atoms with Crippen LogP contribution in [0.5, 0.6) is 11.6 Å². The van der Waals surface area contributed by atoms with Gasteiger partial charge in [-0.15, -0.1) is 0 Å². The van der Waals surface area contributed by atoms with Gasteiger partial charge in [0.2, 0.25) is 0 Å². The van der Waals surface area contributed by atoms with Crippen LogP contribution in [0.15, 0.2) is 36.4 Å². The van der Waals surface area contributed by atoms with Crippen LogP contribution in [0.1, 0.15) is 6.92 Å². The fraction of sp³-hybridized carbons (Fsp3) is 0.267. The second-order valence-corrected chi connectivity index (χ2v) is 4.15. The van der Waals surface area contributed by atoms with Crippen LogP contribution in [0.25, 0.3) is 0 Å². The van der Waals surface area contributed by atoms with Gasteiger partial charge in [0.15, 0.2) is 17.5 Å². The average Bonchev–Trinajstić information content (AvgIpc) is 2.49. The Morgan fingerprint density at radius 1 is 1.05 bits per heavy atom. The molecule has 0 fully saturated rings. The van der Waals surface area contributed by atoms with Gasteiger partial charge in [-0.25, -0.2) is 8.78 Å². The molecule has 1 N–H and O–H groups in total. The summed E-state index contributed by atoms with van der Waals surface area (Å²) in [7, 11) is 0. The summed E-state index contributed by atoms with van der Waals surface area (Å²) in [5.41, 5.74) is 0. The number of nitrogens with zero attached hydrogens (tertiary/aromatic N) is 1. The van der Waals surface area contributed by atoms with E-state index >= 15 is 0 Å². The van der Waals surface area contributed by atoms with Crippen molar-refractivity contribution < 1.29 is 18.3 Å². The van der Waals surface area contributed by atoms with Gasteiger partial charge in [0.25, 0.3) is 5.88 Å². The van der Waals surface area contributed by atoms with E-state index in [1.165, 1.54) is 0 Å². The van der Waals surface area contributed by atoms with Gasteiger partial charge in [0, 0.05) is 12.6 Å². The molecule has 0 aliphatic carbocycles. The van der Waals surface area contributed by atoms with E-state index < -0.39 is 11.6 Å². The Morgan fingerprint density at radius 3 is 2.48 bits per heavy atom. The van der Waals surface area contributed by atoms with Crippen molar-refractivity contribution in [1.29, 1.82) is 0 Å². The molecule has 0 unspecified atom stereocenters. The third-order valence-corrected chi connectivity index (χ3v) is 2.58. The molecule has 1 aromatic heterocycles. The van der Waals surface area contributed by atoms with Gasteiger partial charge >= 0.3 is 0 Å². The number of benzene rings is 1. The Balaban J connectivity index is 1.89. The topological polar surface area (TPSA) is 43.4 Å². The zero-order valence-corrected chi connectivity index (χ0v) is 11.6. The Morgan fingerprint density at radius 2 is 1.76 bits per heavy atom. The molecule has 0 atom stereocenters. The maximum absolute atomic E-state index is 13.5. The number of hydrogen-bond acceptors (Lipinski definition) is 4. The number of nitrogens with one attached hydrogen (secondary N) is 1. The minimum atomic E-state index is -0.839. The number of hydrogen-bond donors (Lipinski definition) is 1. The molecule has 1 aromatic carbocycles. The molecule has 1 heterocycles. The first-order chi connectivity index (χ1) is 10.2. The Labute approximate surface area is 121 Å². The van der Waals surface area contributed by atoms with Gasteiger partial charge in [-0.1, -0.05) is 18.2 Å². The van der Waals surface area contributed by atoms with Crippen LogP contribution in [0.3, 0.4) is 0 Å². The molecule has 0 bridgehead atoms. The Hall–Kier alpha value is -2.37. The van der Waals surface area contributed by atoms with E-state index in [0.717, 1.165) is 6.07 Å². The molecular formula is C15H16F2N2O2. The SMILES string of the molecule is CCNc1nc(OCCOc2ccccc2)c(F)cc1F. The van der Waals surface area contributed by atoms with Crippen LogP contribution in [0, 0.1) is 11.6 Å². The van der Waals surface area contributed by atoms with Gasteiger partial charge < -0.3 is 14.8 Å². The van der Waals surface area contributed by atoms with Crippen LogP contribution in [-0.4, -0.2) is 24.7 Å². The highest BCUT2D eigenvalue weighted by atomic mass is 19.1.